The maximum absolute atomic E-state index is 11.3. The Kier molecular flexibility index (Phi) is 6.89. The van der Waals surface area contributed by atoms with E-state index in [2.05, 4.69) is 25.9 Å². The van der Waals surface area contributed by atoms with Gasteiger partial charge in [-0.1, -0.05) is 0 Å². The summed E-state index contributed by atoms with van der Waals surface area (Å²) < 4.78 is 36.0. The molecule has 0 bridgehead atoms. The first-order valence-electron chi connectivity index (χ1n) is 5.09. The van der Waals surface area contributed by atoms with E-state index >= 15 is 0 Å². The SMILES string of the molecule is CCS(=O)(=O)N[C@H]1CC[C@H](COSI)OC1. The number of ether oxygens (including phenoxy) is 1. The minimum atomic E-state index is -3.12. The highest BCUT2D eigenvalue weighted by atomic mass is 127. The highest BCUT2D eigenvalue weighted by molar-refractivity contribution is 14.2. The summed E-state index contributed by atoms with van der Waals surface area (Å²) >= 11 is 2.06. The maximum atomic E-state index is 11.3. The monoisotopic (exact) mass is 381 g/mol. The van der Waals surface area contributed by atoms with E-state index in [4.69, 9.17) is 8.92 Å². The van der Waals surface area contributed by atoms with E-state index < -0.39 is 10.0 Å². The van der Waals surface area contributed by atoms with Gasteiger partial charge in [-0.05, 0) is 19.8 Å². The number of hydrogen-bond acceptors (Lipinski definition) is 5. The van der Waals surface area contributed by atoms with E-state index in [1.54, 1.807) is 6.92 Å². The molecule has 1 aliphatic heterocycles. The van der Waals surface area contributed by atoms with Crippen LogP contribution in [0.25, 0.3) is 0 Å². The third-order valence-electron chi connectivity index (χ3n) is 2.39. The van der Waals surface area contributed by atoms with Gasteiger partial charge in [0.25, 0.3) is 0 Å². The molecule has 1 fully saturated rings. The van der Waals surface area contributed by atoms with Crippen molar-refractivity contribution in [3.63, 3.8) is 0 Å². The van der Waals surface area contributed by atoms with Crippen LogP contribution in [0.5, 0.6) is 0 Å². The van der Waals surface area contributed by atoms with Gasteiger partial charge in [-0.15, -0.1) is 0 Å². The van der Waals surface area contributed by atoms with E-state index in [0.29, 0.717) is 13.2 Å². The zero-order valence-corrected chi connectivity index (χ0v) is 12.8. The second-order valence-electron chi connectivity index (χ2n) is 3.60. The first-order valence-corrected chi connectivity index (χ1v) is 10.0. The van der Waals surface area contributed by atoms with Gasteiger partial charge in [0.05, 0.1) is 34.3 Å². The topological polar surface area (TPSA) is 64.6 Å². The van der Waals surface area contributed by atoms with Gasteiger partial charge >= 0.3 is 0 Å². The summed E-state index contributed by atoms with van der Waals surface area (Å²) in [6.45, 7) is 2.61. The molecule has 0 aromatic heterocycles. The Hall–Kier alpha value is 0.910. The molecule has 0 saturated carbocycles. The number of sulfonamides is 1. The average Bonchev–Trinajstić information content (AvgIpc) is 2.28. The van der Waals surface area contributed by atoms with Gasteiger partial charge in [-0.2, -0.15) is 0 Å². The molecular formula is C8H16INO4S2. The van der Waals surface area contributed by atoms with Crippen LogP contribution in [0.3, 0.4) is 0 Å². The maximum Gasteiger partial charge on any atom is 0.211 e. The predicted molar refractivity (Wildman–Crippen MR) is 72.9 cm³/mol. The molecule has 96 valence electrons. The van der Waals surface area contributed by atoms with Crippen LogP contribution < -0.4 is 4.72 Å². The van der Waals surface area contributed by atoms with E-state index in [1.807, 2.05) is 0 Å². The normalized spacial score (nSPS) is 26.9. The summed E-state index contributed by atoms with van der Waals surface area (Å²) in [6, 6.07) is -0.0894. The third kappa shape index (κ3) is 5.50. The lowest BCUT2D eigenvalue weighted by atomic mass is 10.1. The molecule has 0 radical (unpaired) electrons. The zero-order valence-electron chi connectivity index (χ0n) is 9.02. The highest BCUT2D eigenvalue weighted by Gasteiger charge is 2.24. The lowest BCUT2D eigenvalue weighted by Crippen LogP contribution is -2.44. The molecule has 0 aromatic carbocycles. The van der Waals surface area contributed by atoms with Crippen molar-refractivity contribution in [3.8, 4) is 0 Å². The van der Waals surface area contributed by atoms with Crippen LogP contribution in [0.15, 0.2) is 0 Å². The van der Waals surface area contributed by atoms with Gasteiger partial charge in [0.2, 0.25) is 10.0 Å². The molecule has 0 aliphatic carbocycles. The van der Waals surface area contributed by atoms with Crippen LogP contribution in [-0.2, 0) is 18.9 Å². The van der Waals surface area contributed by atoms with Crippen molar-refractivity contribution < 1.29 is 17.3 Å². The molecule has 0 aromatic rings. The molecule has 0 unspecified atom stereocenters. The molecule has 0 amide bonds. The summed E-state index contributed by atoms with van der Waals surface area (Å²) in [5.74, 6) is 0.113. The smallest absolute Gasteiger partial charge is 0.211 e. The Labute approximate surface area is 113 Å². The minimum absolute atomic E-state index is 0.0876. The second kappa shape index (κ2) is 7.37. The van der Waals surface area contributed by atoms with Gasteiger partial charge < -0.3 is 8.92 Å². The molecule has 1 heterocycles. The largest absolute Gasteiger partial charge is 0.374 e. The quantitative estimate of drug-likeness (QED) is 0.558. The van der Waals surface area contributed by atoms with Crippen LogP contribution in [0.1, 0.15) is 19.8 Å². The molecule has 8 heteroatoms. The molecule has 1 N–H and O–H groups in total. The van der Waals surface area contributed by atoms with E-state index in [1.165, 1.54) is 9.21 Å². The first-order chi connectivity index (χ1) is 7.57. The van der Waals surface area contributed by atoms with Gasteiger partial charge in [-0.25, -0.2) is 13.1 Å². The van der Waals surface area contributed by atoms with Crippen molar-refractivity contribution in [2.24, 2.45) is 0 Å². The highest BCUT2D eigenvalue weighted by Crippen LogP contribution is 2.19. The predicted octanol–water partition coefficient (Wildman–Crippen LogP) is 1.49. The van der Waals surface area contributed by atoms with Crippen molar-refractivity contribution >= 4 is 40.4 Å². The second-order valence-corrected chi connectivity index (χ2v) is 7.08. The van der Waals surface area contributed by atoms with Crippen LogP contribution in [-0.4, -0.2) is 39.5 Å². The van der Waals surface area contributed by atoms with Crippen molar-refractivity contribution in [2.45, 2.75) is 31.9 Å². The Morgan fingerprint density at radius 1 is 1.56 bits per heavy atom. The average molecular weight is 381 g/mol. The van der Waals surface area contributed by atoms with Crippen molar-refractivity contribution in [3.05, 3.63) is 0 Å². The van der Waals surface area contributed by atoms with E-state index in [9.17, 15) is 8.42 Å². The standard InChI is InChI=1S/C8H16INO4S2/c1-2-16(11,12)10-7-3-4-8(13-5-7)6-14-15-9/h7-8,10H,2-6H2,1H3/t7-,8+/m0/s1. The number of rotatable bonds is 6. The van der Waals surface area contributed by atoms with Crippen molar-refractivity contribution in [2.75, 3.05) is 19.0 Å². The molecule has 5 nitrogen and oxygen atoms in total. The Morgan fingerprint density at radius 2 is 2.31 bits per heavy atom. The molecule has 16 heavy (non-hydrogen) atoms. The fraction of sp³-hybridized carbons (Fsp3) is 1.00. The fourth-order valence-electron chi connectivity index (χ4n) is 1.47. The Morgan fingerprint density at radius 3 is 2.81 bits per heavy atom. The van der Waals surface area contributed by atoms with Gasteiger partial charge in [0.1, 0.15) is 0 Å². The summed E-state index contributed by atoms with van der Waals surface area (Å²) in [5.41, 5.74) is 0. The Balaban J connectivity index is 2.27. The molecule has 1 rings (SSSR count). The minimum Gasteiger partial charge on any atom is -0.374 e. The molecule has 2 atom stereocenters. The summed E-state index contributed by atoms with van der Waals surface area (Å²) in [4.78, 5) is 0. The molecular weight excluding hydrogens is 365 g/mol. The van der Waals surface area contributed by atoms with Crippen LogP contribution in [0, 0.1) is 0 Å². The van der Waals surface area contributed by atoms with Crippen molar-refractivity contribution in [1.82, 2.24) is 4.72 Å². The number of hydrogen-bond donors (Lipinski definition) is 1. The van der Waals surface area contributed by atoms with Gasteiger partial charge in [0.15, 0.2) is 0 Å². The van der Waals surface area contributed by atoms with Crippen LogP contribution in [0.4, 0.5) is 0 Å². The van der Waals surface area contributed by atoms with E-state index in [0.717, 1.165) is 12.8 Å². The number of halogens is 1. The van der Waals surface area contributed by atoms with Crippen LogP contribution in [0.2, 0.25) is 0 Å². The summed E-state index contributed by atoms with van der Waals surface area (Å²) in [6.07, 6.45) is 1.72. The van der Waals surface area contributed by atoms with Crippen molar-refractivity contribution in [1.29, 1.82) is 0 Å². The Bertz CT molecular complexity index is 290. The van der Waals surface area contributed by atoms with E-state index in [-0.39, 0.29) is 17.9 Å². The zero-order chi connectivity index (χ0) is 12.0. The van der Waals surface area contributed by atoms with Gasteiger partial charge in [0, 0.05) is 27.2 Å². The first kappa shape index (κ1) is 15.0. The number of nitrogens with one attached hydrogen (secondary N) is 1. The third-order valence-corrected chi connectivity index (χ3v) is 4.84. The molecule has 1 saturated heterocycles. The lowest BCUT2D eigenvalue weighted by Gasteiger charge is -2.28. The lowest BCUT2D eigenvalue weighted by molar-refractivity contribution is -0.0184. The fourth-order valence-corrected chi connectivity index (χ4v) is 2.97. The summed E-state index contributed by atoms with van der Waals surface area (Å²) in [7, 11) is -1.83. The molecule has 0 spiro atoms. The summed E-state index contributed by atoms with van der Waals surface area (Å²) in [5, 5.41) is 0. The van der Waals surface area contributed by atoms with Gasteiger partial charge in [-0.3, -0.25) is 0 Å². The molecule has 1 aliphatic rings. The van der Waals surface area contributed by atoms with Crippen LogP contribution >= 0.6 is 30.4 Å².